The van der Waals surface area contributed by atoms with E-state index in [1.807, 2.05) is 44.2 Å². The molecule has 1 aromatic carbocycles. The smallest absolute Gasteiger partial charge is 0.232 e. The monoisotopic (exact) mass is 319 g/mol. The maximum Gasteiger partial charge on any atom is 0.232 e. The van der Waals surface area contributed by atoms with Crippen molar-refractivity contribution in [3.05, 3.63) is 53.7 Å². The average Bonchev–Trinajstić information content (AvgIpc) is 2.47. The van der Waals surface area contributed by atoms with Crippen LogP contribution in [0.3, 0.4) is 0 Å². The van der Waals surface area contributed by atoms with Crippen LogP contribution < -0.4 is 10.0 Å². The molecule has 2 rings (SSSR count). The summed E-state index contributed by atoms with van der Waals surface area (Å²) in [4.78, 5) is 4.41. The van der Waals surface area contributed by atoms with Gasteiger partial charge in [-0.25, -0.2) is 13.4 Å². The van der Waals surface area contributed by atoms with Gasteiger partial charge in [-0.05, 0) is 50.6 Å². The molecule has 0 unspecified atom stereocenters. The Labute approximate surface area is 131 Å². The highest BCUT2D eigenvalue weighted by Gasteiger charge is 2.09. The van der Waals surface area contributed by atoms with E-state index in [0.29, 0.717) is 5.69 Å². The molecular formula is C16H21N3O2S. The Morgan fingerprint density at radius 3 is 2.41 bits per heavy atom. The molecule has 0 aliphatic rings. The fourth-order valence-corrected chi connectivity index (χ4v) is 2.66. The van der Waals surface area contributed by atoms with Crippen molar-refractivity contribution in [3.8, 4) is 0 Å². The van der Waals surface area contributed by atoms with Gasteiger partial charge in [0.2, 0.25) is 10.0 Å². The minimum Gasteiger partial charge on any atom is -0.364 e. The molecule has 0 saturated carbocycles. The van der Waals surface area contributed by atoms with Gasteiger partial charge in [-0.15, -0.1) is 0 Å². The van der Waals surface area contributed by atoms with Crippen molar-refractivity contribution in [1.82, 2.24) is 4.98 Å². The molecule has 0 aliphatic heterocycles. The fraction of sp³-hybridized carbons (Fsp3) is 0.312. The van der Waals surface area contributed by atoms with Crippen molar-refractivity contribution >= 4 is 21.5 Å². The van der Waals surface area contributed by atoms with Crippen LogP contribution in [-0.4, -0.2) is 19.2 Å². The second-order valence-corrected chi connectivity index (χ2v) is 7.17. The summed E-state index contributed by atoms with van der Waals surface area (Å²) in [7, 11) is -3.23. The van der Waals surface area contributed by atoms with E-state index in [2.05, 4.69) is 15.0 Å². The lowest BCUT2D eigenvalue weighted by Crippen LogP contribution is -2.14. The zero-order valence-electron chi connectivity index (χ0n) is 13.0. The number of nitrogens with zero attached hydrogens (tertiary/aromatic N) is 1. The molecule has 22 heavy (non-hydrogen) atoms. The van der Waals surface area contributed by atoms with Gasteiger partial charge in [0.15, 0.2) is 0 Å². The number of anilines is 2. The average molecular weight is 319 g/mol. The minimum absolute atomic E-state index is 0.0612. The predicted octanol–water partition coefficient (Wildman–Crippen LogP) is 3.32. The summed E-state index contributed by atoms with van der Waals surface area (Å²) in [6.07, 6.45) is 0. The number of aryl methyl sites for hydroxylation is 1. The number of hydrogen-bond acceptors (Lipinski definition) is 4. The van der Waals surface area contributed by atoms with Gasteiger partial charge >= 0.3 is 0 Å². The van der Waals surface area contributed by atoms with Gasteiger partial charge < -0.3 is 5.32 Å². The van der Waals surface area contributed by atoms with Crippen molar-refractivity contribution in [2.75, 3.05) is 15.8 Å². The number of aromatic nitrogens is 1. The fourth-order valence-electron chi connectivity index (χ4n) is 2.02. The largest absolute Gasteiger partial charge is 0.364 e. The van der Waals surface area contributed by atoms with Crippen LogP contribution in [-0.2, 0) is 10.0 Å². The number of nitrogens with one attached hydrogen (secondary N) is 2. The highest BCUT2D eigenvalue weighted by atomic mass is 32.2. The van der Waals surface area contributed by atoms with Gasteiger partial charge in [-0.3, -0.25) is 4.72 Å². The molecule has 2 aromatic rings. The molecule has 2 N–H and O–H groups in total. The summed E-state index contributed by atoms with van der Waals surface area (Å²) in [5.74, 6) is 0.884. The first kappa shape index (κ1) is 16.3. The standard InChI is InChI=1S/C16H21N3O2S/c1-4-22(20,21)19-15-10-8-14(9-11-15)13(3)18-16-7-5-6-12(2)17-16/h5-11,13,19H,4H2,1-3H3,(H,17,18)/t13-/m0/s1. The van der Waals surface area contributed by atoms with Crippen molar-refractivity contribution in [1.29, 1.82) is 0 Å². The van der Waals surface area contributed by atoms with Crippen LogP contribution in [0, 0.1) is 6.92 Å². The Kier molecular flexibility index (Phi) is 5.03. The maximum atomic E-state index is 11.5. The molecule has 0 amide bonds. The number of benzene rings is 1. The van der Waals surface area contributed by atoms with Gasteiger partial charge in [0.05, 0.1) is 5.75 Å². The summed E-state index contributed by atoms with van der Waals surface area (Å²) in [6, 6.07) is 13.3. The second-order valence-electron chi connectivity index (χ2n) is 5.16. The number of rotatable bonds is 6. The molecule has 0 fully saturated rings. The molecule has 5 nitrogen and oxygen atoms in total. The molecule has 1 atom stereocenters. The van der Waals surface area contributed by atoms with Crippen molar-refractivity contribution < 1.29 is 8.42 Å². The molecule has 0 radical (unpaired) electrons. The van der Waals surface area contributed by atoms with Gasteiger partial charge in [0.1, 0.15) is 5.82 Å². The van der Waals surface area contributed by atoms with E-state index in [1.54, 1.807) is 19.1 Å². The van der Waals surface area contributed by atoms with E-state index in [0.717, 1.165) is 17.1 Å². The van der Waals surface area contributed by atoms with Crippen LogP contribution in [0.5, 0.6) is 0 Å². The Hall–Kier alpha value is -2.08. The van der Waals surface area contributed by atoms with E-state index < -0.39 is 10.0 Å². The van der Waals surface area contributed by atoms with Crippen LogP contribution in [0.15, 0.2) is 42.5 Å². The molecule has 0 spiro atoms. The zero-order chi connectivity index (χ0) is 16.2. The summed E-state index contributed by atoms with van der Waals surface area (Å²) < 4.78 is 25.6. The summed E-state index contributed by atoms with van der Waals surface area (Å²) in [5.41, 5.74) is 2.59. The summed E-state index contributed by atoms with van der Waals surface area (Å²) in [6.45, 7) is 5.59. The summed E-state index contributed by atoms with van der Waals surface area (Å²) >= 11 is 0. The van der Waals surface area contributed by atoms with Crippen LogP contribution in [0.25, 0.3) is 0 Å². The van der Waals surface area contributed by atoms with Gasteiger partial charge in [-0.2, -0.15) is 0 Å². The first-order chi connectivity index (χ1) is 10.4. The summed E-state index contributed by atoms with van der Waals surface area (Å²) in [5, 5.41) is 3.33. The lowest BCUT2D eigenvalue weighted by molar-refractivity contribution is 0.602. The van der Waals surface area contributed by atoms with Crippen molar-refractivity contribution in [2.24, 2.45) is 0 Å². The third kappa shape index (κ3) is 4.46. The van der Waals surface area contributed by atoms with E-state index in [-0.39, 0.29) is 11.8 Å². The van der Waals surface area contributed by atoms with Crippen molar-refractivity contribution in [2.45, 2.75) is 26.8 Å². The topological polar surface area (TPSA) is 71.1 Å². The predicted molar refractivity (Wildman–Crippen MR) is 90.5 cm³/mol. The third-order valence-corrected chi connectivity index (χ3v) is 4.62. The lowest BCUT2D eigenvalue weighted by Gasteiger charge is -2.16. The van der Waals surface area contributed by atoms with Crippen LogP contribution in [0.2, 0.25) is 0 Å². The van der Waals surface area contributed by atoms with E-state index in [4.69, 9.17) is 0 Å². The number of sulfonamides is 1. The third-order valence-electron chi connectivity index (χ3n) is 3.32. The van der Waals surface area contributed by atoms with E-state index >= 15 is 0 Å². The van der Waals surface area contributed by atoms with E-state index in [1.165, 1.54) is 0 Å². The first-order valence-electron chi connectivity index (χ1n) is 7.20. The zero-order valence-corrected chi connectivity index (χ0v) is 13.8. The normalized spacial score (nSPS) is 12.7. The van der Waals surface area contributed by atoms with Crippen LogP contribution in [0.4, 0.5) is 11.5 Å². The van der Waals surface area contributed by atoms with E-state index in [9.17, 15) is 8.42 Å². The molecule has 118 valence electrons. The molecule has 0 bridgehead atoms. The SMILES string of the molecule is CCS(=O)(=O)Nc1ccc([C@H](C)Nc2cccc(C)n2)cc1. The highest BCUT2D eigenvalue weighted by molar-refractivity contribution is 7.92. The Morgan fingerprint density at radius 1 is 1.14 bits per heavy atom. The lowest BCUT2D eigenvalue weighted by atomic mass is 10.1. The van der Waals surface area contributed by atoms with Gasteiger partial charge in [0.25, 0.3) is 0 Å². The Bertz CT molecular complexity index is 727. The van der Waals surface area contributed by atoms with Crippen LogP contribution in [0.1, 0.15) is 31.1 Å². The van der Waals surface area contributed by atoms with Crippen molar-refractivity contribution in [3.63, 3.8) is 0 Å². The maximum absolute atomic E-state index is 11.5. The molecule has 0 aliphatic carbocycles. The van der Waals surface area contributed by atoms with Gasteiger partial charge in [-0.1, -0.05) is 18.2 Å². The molecule has 0 saturated heterocycles. The highest BCUT2D eigenvalue weighted by Crippen LogP contribution is 2.20. The second kappa shape index (κ2) is 6.79. The first-order valence-corrected chi connectivity index (χ1v) is 8.85. The minimum atomic E-state index is -3.23. The number of hydrogen-bond donors (Lipinski definition) is 2. The molecule has 1 aromatic heterocycles. The molecule has 1 heterocycles. The van der Waals surface area contributed by atoms with Crippen LogP contribution >= 0.6 is 0 Å². The molecular weight excluding hydrogens is 298 g/mol. The Balaban J connectivity index is 2.06. The molecule has 6 heteroatoms. The quantitative estimate of drug-likeness (QED) is 0.857. The van der Waals surface area contributed by atoms with Gasteiger partial charge in [0, 0.05) is 17.4 Å². The Morgan fingerprint density at radius 2 is 1.82 bits per heavy atom. The number of pyridine rings is 1.